The molecule has 1 N–H and O–H groups in total. The Bertz CT molecular complexity index is 1100. The molecule has 69 heavy (non-hydrogen) atoms. The third-order valence-electron chi connectivity index (χ3n) is 14.2. The smallest absolute Gasteiger partial charge is 0.306 e. The first-order valence-electron chi connectivity index (χ1n) is 31.0. The van der Waals surface area contributed by atoms with Crippen LogP contribution in [0.3, 0.4) is 0 Å². The number of rotatable bonds is 58. The van der Waals surface area contributed by atoms with Crippen molar-refractivity contribution in [3.05, 3.63) is 36.5 Å². The van der Waals surface area contributed by atoms with Gasteiger partial charge in [0.25, 0.3) is 0 Å². The second-order valence-corrected chi connectivity index (χ2v) is 21.1. The molecule has 0 aromatic rings. The van der Waals surface area contributed by atoms with Crippen molar-refractivity contribution >= 4 is 11.9 Å². The van der Waals surface area contributed by atoms with Crippen LogP contribution in [0.2, 0.25) is 0 Å². The maximum absolute atomic E-state index is 12.3. The van der Waals surface area contributed by atoms with E-state index < -0.39 is 6.10 Å². The van der Waals surface area contributed by atoms with Gasteiger partial charge in [-0.3, -0.25) is 9.59 Å². The summed E-state index contributed by atoms with van der Waals surface area (Å²) in [5, 5.41) is 9.65. The fourth-order valence-corrected chi connectivity index (χ4v) is 9.51. The fraction of sp³-hybridized carbons (Fsp3) is 0.875. The molecule has 1 atom stereocenters. The van der Waals surface area contributed by atoms with Crippen LogP contribution < -0.4 is 0 Å². The van der Waals surface area contributed by atoms with Crippen molar-refractivity contribution in [2.75, 3.05) is 13.2 Å². The molecule has 0 saturated heterocycles. The lowest BCUT2D eigenvalue weighted by Crippen LogP contribution is -2.28. The van der Waals surface area contributed by atoms with Crippen molar-refractivity contribution in [1.29, 1.82) is 0 Å². The number of aliphatic hydroxyl groups excluding tert-OH is 1. The number of allylic oxidation sites excluding steroid dienone is 6. The third-order valence-corrected chi connectivity index (χ3v) is 14.2. The Hall–Kier alpha value is -1.88. The van der Waals surface area contributed by atoms with E-state index in [0.717, 1.165) is 44.9 Å². The van der Waals surface area contributed by atoms with E-state index in [4.69, 9.17) is 9.47 Å². The fourth-order valence-electron chi connectivity index (χ4n) is 9.51. The lowest BCUT2D eigenvalue weighted by Gasteiger charge is -2.15. The zero-order valence-corrected chi connectivity index (χ0v) is 46.6. The molecule has 0 aliphatic rings. The minimum Gasteiger partial charge on any atom is -0.462 e. The lowest BCUT2D eigenvalue weighted by atomic mass is 10.0. The van der Waals surface area contributed by atoms with Gasteiger partial charge in [-0.2, -0.15) is 0 Å². The molecule has 1 unspecified atom stereocenters. The molecule has 406 valence electrons. The minimum atomic E-state index is -0.767. The molecule has 0 spiro atoms. The highest BCUT2D eigenvalue weighted by molar-refractivity contribution is 5.70. The van der Waals surface area contributed by atoms with Crippen molar-refractivity contribution in [3.63, 3.8) is 0 Å². The molecule has 0 radical (unpaired) electrons. The average Bonchev–Trinajstić information content (AvgIpc) is 3.35. The van der Waals surface area contributed by atoms with Crippen LogP contribution in [0.5, 0.6) is 0 Å². The Kier molecular flexibility index (Phi) is 58.8. The molecule has 0 aromatic heterocycles. The van der Waals surface area contributed by atoms with E-state index in [0.29, 0.717) is 12.8 Å². The summed E-state index contributed by atoms with van der Waals surface area (Å²) in [6, 6.07) is 0. The number of hydrogen-bond donors (Lipinski definition) is 1. The van der Waals surface area contributed by atoms with Gasteiger partial charge >= 0.3 is 11.9 Å². The predicted octanol–water partition coefficient (Wildman–Crippen LogP) is 21.0. The first-order valence-corrected chi connectivity index (χ1v) is 31.0. The summed E-state index contributed by atoms with van der Waals surface area (Å²) in [5.41, 5.74) is 0. The molecule has 5 nitrogen and oxygen atoms in total. The number of aliphatic hydroxyl groups is 1. The molecule has 0 bridgehead atoms. The highest BCUT2D eigenvalue weighted by Gasteiger charge is 2.16. The molecule has 0 aliphatic carbocycles. The van der Waals surface area contributed by atoms with Crippen LogP contribution >= 0.6 is 0 Å². The largest absolute Gasteiger partial charge is 0.462 e. The summed E-state index contributed by atoms with van der Waals surface area (Å²) < 4.78 is 10.7. The molecule has 0 rings (SSSR count). The average molecular weight is 970 g/mol. The van der Waals surface area contributed by atoms with Gasteiger partial charge in [0.1, 0.15) is 6.61 Å². The van der Waals surface area contributed by atoms with Crippen LogP contribution in [0.15, 0.2) is 36.5 Å². The Morgan fingerprint density at radius 3 is 0.870 bits per heavy atom. The minimum absolute atomic E-state index is 0.0584. The molecule has 0 fully saturated rings. The highest BCUT2D eigenvalue weighted by Crippen LogP contribution is 2.18. The lowest BCUT2D eigenvalue weighted by molar-refractivity contribution is -0.161. The van der Waals surface area contributed by atoms with E-state index in [1.165, 1.54) is 270 Å². The van der Waals surface area contributed by atoms with Gasteiger partial charge in [-0.1, -0.05) is 314 Å². The van der Waals surface area contributed by atoms with Crippen molar-refractivity contribution in [1.82, 2.24) is 0 Å². The zero-order chi connectivity index (χ0) is 49.9. The van der Waals surface area contributed by atoms with E-state index in [-0.39, 0.29) is 25.2 Å². The van der Waals surface area contributed by atoms with Crippen molar-refractivity contribution < 1.29 is 24.2 Å². The maximum atomic E-state index is 12.3. The monoisotopic (exact) mass is 969 g/mol. The van der Waals surface area contributed by atoms with Gasteiger partial charge in [0.05, 0.1) is 6.61 Å². The summed E-state index contributed by atoms with van der Waals surface area (Å²) in [7, 11) is 0. The second kappa shape index (κ2) is 60.4. The number of unbranched alkanes of at least 4 members (excludes halogenated alkanes) is 44. The topological polar surface area (TPSA) is 72.8 Å². The van der Waals surface area contributed by atoms with E-state index in [2.05, 4.69) is 50.3 Å². The van der Waals surface area contributed by atoms with Crippen molar-refractivity contribution in [2.24, 2.45) is 0 Å². The van der Waals surface area contributed by atoms with Gasteiger partial charge < -0.3 is 14.6 Å². The number of carbonyl (C=O) groups excluding carboxylic acids is 2. The molecule has 0 heterocycles. The molecule has 0 aliphatic heterocycles. The molecule has 5 heteroatoms. The van der Waals surface area contributed by atoms with Gasteiger partial charge in [-0.15, -0.1) is 0 Å². The molecule has 0 aromatic carbocycles. The molecular formula is C64H120O5. The zero-order valence-electron chi connectivity index (χ0n) is 46.6. The second-order valence-electron chi connectivity index (χ2n) is 21.1. The highest BCUT2D eigenvalue weighted by atomic mass is 16.6. The SMILES string of the molecule is CCCCCCC/C=C\C/C=C\C/C=C\CCCCCCCCCCCCCCCCCCCCCCCCCCC(=O)OC(CO)COC(=O)CCCCCCCCCCCCCCCCCC. The summed E-state index contributed by atoms with van der Waals surface area (Å²) in [5.74, 6) is -0.569. The van der Waals surface area contributed by atoms with Crippen LogP contribution in [-0.4, -0.2) is 36.4 Å². The van der Waals surface area contributed by atoms with Crippen LogP contribution in [-0.2, 0) is 19.1 Å². The van der Waals surface area contributed by atoms with Crippen LogP contribution in [0.25, 0.3) is 0 Å². The van der Waals surface area contributed by atoms with Gasteiger partial charge in [0.15, 0.2) is 6.10 Å². The predicted molar refractivity (Wildman–Crippen MR) is 302 cm³/mol. The van der Waals surface area contributed by atoms with Crippen LogP contribution in [0.4, 0.5) is 0 Å². The molecule has 0 saturated carbocycles. The normalized spacial score (nSPS) is 12.3. The van der Waals surface area contributed by atoms with Crippen molar-refractivity contribution in [3.8, 4) is 0 Å². The first-order chi connectivity index (χ1) is 34.1. The first kappa shape index (κ1) is 67.1. The summed E-state index contributed by atoms with van der Waals surface area (Å²) in [4.78, 5) is 24.5. The van der Waals surface area contributed by atoms with Gasteiger partial charge in [0, 0.05) is 12.8 Å². The van der Waals surface area contributed by atoms with Crippen LogP contribution in [0.1, 0.15) is 341 Å². The summed E-state index contributed by atoms with van der Waals surface area (Å²) >= 11 is 0. The number of carbonyl (C=O) groups is 2. The van der Waals surface area contributed by atoms with Gasteiger partial charge in [-0.05, 0) is 51.4 Å². The Labute approximate surface area is 431 Å². The Balaban J connectivity index is 3.37. The van der Waals surface area contributed by atoms with E-state index in [1.54, 1.807) is 0 Å². The van der Waals surface area contributed by atoms with Gasteiger partial charge in [-0.25, -0.2) is 0 Å². The van der Waals surface area contributed by atoms with Gasteiger partial charge in [0.2, 0.25) is 0 Å². The van der Waals surface area contributed by atoms with E-state index in [1.807, 2.05) is 0 Å². The standard InChI is InChI=1S/C64H120O5/c1-3-5-7-9-11-13-15-17-19-21-22-23-24-25-26-27-28-29-30-31-32-33-34-35-36-37-38-39-40-41-42-43-45-47-49-51-53-55-57-59-64(67)69-62(60-65)61-68-63(66)58-56-54-52-50-48-46-44-20-18-16-14-12-10-8-6-4-2/h15,17,21-22,24-25,62,65H,3-14,16,18-20,23,26-61H2,1-2H3/b17-15-,22-21-,25-24-. The maximum Gasteiger partial charge on any atom is 0.306 e. The Morgan fingerprint density at radius 2 is 0.580 bits per heavy atom. The quantitative estimate of drug-likeness (QED) is 0.0373. The van der Waals surface area contributed by atoms with E-state index in [9.17, 15) is 14.7 Å². The van der Waals surface area contributed by atoms with E-state index >= 15 is 0 Å². The molecular weight excluding hydrogens is 849 g/mol. The Morgan fingerprint density at radius 1 is 0.333 bits per heavy atom. The number of esters is 2. The van der Waals surface area contributed by atoms with Crippen molar-refractivity contribution in [2.45, 2.75) is 347 Å². The summed E-state index contributed by atoms with van der Waals surface area (Å²) in [6.45, 7) is 4.18. The molecule has 0 amide bonds. The third kappa shape index (κ3) is 58.6. The van der Waals surface area contributed by atoms with Crippen LogP contribution in [0, 0.1) is 0 Å². The summed E-state index contributed by atoms with van der Waals surface area (Å²) in [6.07, 6.45) is 78.7. The number of hydrogen-bond acceptors (Lipinski definition) is 5. The number of ether oxygens (including phenoxy) is 2.